The standard InChI is InChI=1S/C13H12N4O3/c14-16-15-8-3-9-20-13-7-6-12(17(18)19)10-4-1-2-5-11(10)13/h1-2,4-7H,3,8-9H2. The topological polar surface area (TPSA) is 101 Å². The Bertz CT molecular complexity index is 680. The molecule has 0 unspecified atom stereocenters. The molecule has 20 heavy (non-hydrogen) atoms. The quantitative estimate of drug-likeness (QED) is 0.199. The van der Waals surface area contributed by atoms with E-state index in [1.54, 1.807) is 30.3 Å². The summed E-state index contributed by atoms with van der Waals surface area (Å²) in [6.07, 6.45) is 0.593. The Labute approximate surface area is 114 Å². The van der Waals surface area contributed by atoms with E-state index in [0.29, 0.717) is 36.1 Å². The molecule has 0 aliphatic rings. The molecule has 0 N–H and O–H groups in total. The Morgan fingerprint density at radius 1 is 1.25 bits per heavy atom. The lowest BCUT2D eigenvalue weighted by atomic mass is 10.1. The minimum Gasteiger partial charge on any atom is -0.493 e. The second-order valence-corrected chi connectivity index (χ2v) is 4.04. The van der Waals surface area contributed by atoms with Gasteiger partial charge in [-0.1, -0.05) is 23.3 Å². The van der Waals surface area contributed by atoms with Crippen LogP contribution in [0.3, 0.4) is 0 Å². The van der Waals surface area contributed by atoms with E-state index < -0.39 is 4.92 Å². The lowest BCUT2D eigenvalue weighted by Crippen LogP contribution is -2.00. The smallest absolute Gasteiger partial charge is 0.277 e. The van der Waals surface area contributed by atoms with Crippen molar-refractivity contribution in [3.05, 3.63) is 57.0 Å². The Morgan fingerprint density at radius 2 is 2.00 bits per heavy atom. The second-order valence-electron chi connectivity index (χ2n) is 4.04. The Morgan fingerprint density at radius 3 is 2.70 bits per heavy atom. The first-order valence-electron chi connectivity index (χ1n) is 6.04. The predicted molar refractivity (Wildman–Crippen MR) is 74.7 cm³/mol. The van der Waals surface area contributed by atoms with Gasteiger partial charge in [-0.15, -0.1) is 0 Å². The van der Waals surface area contributed by atoms with E-state index in [1.807, 2.05) is 0 Å². The maximum absolute atomic E-state index is 11.0. The SMILES string of the molecule is [N-]=[N+]=NCCCOc1ccc([N+](=O)[O-])c2ccccc12. The molecule has 0 fully saturated rings. The van der Waals surface area contributed by atoms with Gasteiger partial charge in [-0.2, -0.15) is 0 Å². The third kappa shape index (κ3) is 2.96. The molecule has 0 heterocycles. The van der Waals surface area contributed by atoms with E-state index >= 15 is 0 Å². The maximum Gasteiger partial charge on any atom is 0.277 e. The zero-order chi connectivity index (χ0) is 14.4. The number of benzene rings is 2. The summed E-state index contributed by atoms with van der Waals surface area (Å²) in [4.78, 5) is 13.2. The number of nitro groups is 1. The maximum atomic E-state index is 11.0. The summed E-state index contributed by atoms with van der Waals surface area (Å²) in [5.41, 5.74) is 8.22. The van der Waals surface area contributed by atoms with Crippen LogP contribution in [-0.2, 0) is 0 Å². The van der Waals surface area contributed by atoms with E-state index in [-0.39, 0.29) is 5.69 Å². The fraction of sp³-hybridized carbons (Fsp3) is 0.231. The van der Waals surface area contributed by atoms with Gasteiger partial charge in [-0.05, 0) is 24.1 Å². The normalized spacial score (nSPS) is 10.0. The highest BCUT2D eigenvalue weighted by Crippen LogP contribution is 2.32. The van der Waals surface area contributed by atoms with Crippen LogP contribution in [-0.4, -0.2) is 18.1 Å². The molecule has 0 aliphatic carbocycles. The largest absolute Gasteiger partial charge is 0.493 e. The summed E-state index contributed by atoms with van der Waals surface area (Å²) in [6, 6.07) is 10.1. The van der Waals surface area contributed by atoms with Crippen molar-refractivity contribution in [3.8, 4) is 5.75 Å². The molecule has 0 saturated carbocycles. The summed E-state index contributed by atoms with van der Waals surface area (Å²) in [5, 5.41) is 15.6. The predicted octanol–water partition coefficient (Wildman–Crippen LogP) is 3.83. The molecule has 0 spiro atoms. The fourth-order valence-electron chi connectivity index (χ4n) is 1.90. The van der Waals surface area contributed by atoms with Gasteiger partial charge in [0.15, 0.2) is 0 Å². The van der Waals surface area contributed by atoms with Gasteiger partial charge in [-0.3, -0.25) is 10.1 Å². The van der Waals surface area contributed by atoms with Crippen LogP contribution in [0.4, 0.5) is 5.69 Å². The molecule has 0 aliphatic heterocycles. The van der Waals surface area contributed by atoms with E-state index in [4.69, 9.17) is 10.3 Å². The number of azide groups is 1. The molecule has 2 aromatic carbocycles. The van der Waals surface area contributed by atoms with E-state index in [1.165, 1.54) is 6.07 Å². The van der Waals surface area contributed by atoms with Crippen molar-refractivity contribution >= 4 is 16.5 Å². The van der Waals surface area contributed by atoms with E-state index in [0.717, 1.165) is 0 Å². The molecule has 0 aromatic heterocycles. The zero-order valence-corrected chi connectivity index (χ0v) is 10.6. The van der Waals surface area contributed by atoms with Gasteiger partial charge in [0.2, 0.25) is 0 Å². The minimum absolute atomic E-state index is 0.0574. The Kier molecular flexibility index (Phi) is 4.36. The van der Waals surface area contributed by atoms with Crippen molar-refractivity contribution in [1.82, 2.24) is 0 Å². The molecule has 0 bridgehead atoms. The van der Waals surface area contributed by atoms with Crippen LogP contribution in [0.2, 0.25) is 0 Å². The van der Waals surface area contributed by atoms with Gasteiger partial charge < -0.3 is 4.74 Å². The van der Waals surface area contributed by atoms with E-state index in [2.05, 4.69) is 10.0 Å². The number of ether oxygens (including phenoxy) is 1. The van der Waals surface area contributed by atoms with Crippen molar-refractivity contribution < 1.29 is 9.66 Å². The van der Waals surface area contributed by atoms with Crippen molar-refractivity contribution in [2.24, 2.45) is 5.11 Å². The third-order valence-electron chi connectivity index (χ3n) is 2.78. The number of non-ortho nitro benzene ring substituents is 1. The summed E-state index contributed by atoms with van der Waals surface area (Å²) < 4.78 is 5.59. The van der Waals surface area contributed by atoms with Crippen molar-refractivity contribution in [2.75, 3.05) is 13.2 Å². The van der Waals surface area contributed by atoms with Crippen LogP contribution in [0.15, 0.2) is 41.5 Å². The summed E-state index contributed by atoms with van der Waals surface area (Å²) in [5.74, 6) is 0.590. The summed E-state index contributed by atoms with van der Waals surface area (Å²) in [6.45, 7) is 0.752. The first kappa shape index (κ1) is 13.6. The number of nitrogens with zero attached hydrogens (tertiary/aromatic N) is 4. The van der Waals surface area contributed by atoms with Crippen molar-refractivity contribution in [3.63, 3.8) is 0 Å². The van der Waals surface area contributed by atoms with E-state index in [9.17, 15) is 10.1 Å². The molecule has 0 atom stereocenters. The Hall–Kier alpha value is -2.79. The molecule has 0 saturated heterocycles. The number of hydrogen-bond donors (Lipinski definition) is 0. The first-order valence-corrected chi connectivity index (χ1v) is 6.04. The second kappa shape index (κ2) is 6.40. The number of fused-ring (bicyclic) bond motifs is 1. The van der Waals surface area contributed by atoms with Gasteiger partial charge in [0.25, 0.3) is 5.69 Å². The molecular weight excluding hydrogens is 260 g/mol. The highest BCUT2D eigenvalue weighted by atomic mass is 16.6. The van der Waals surface area contributed by atoms with Crippen LogP contribution in [0.5, 0.6) is 5.75 Å². The summed E-state index contributed by atoms with van der Waals surface area (Å²) >= 11 is 0. The van der Waals surface area contributed by atoms with Crippen LogP contribution < -0.4 is 4.74 Å². The van der Waals surface area contributed by atoms with Crippen LogP contribution >= 0.6 is 0 Å². The zero-order valence-electron chi connectivity index (χ0n) is 10.6. The van der Waals surface area contributed by atoms with Gasteiger partial charge in [0, 0.05) is 22.9 Å². The molecule has 7 nitrogen and oxygen atoms in total. The average molecular weight is 272 g/mol. The van der Waals surface area contributed by atoms with Crippen molar-refractivity contribution in [2.45, 2.75) is 6.42 Å². The lowest BCUT2D eigenvalue weighted by Gasteiger charge is -2.09. The van der Waals surface area contributed by atoms with Gasteiger partial charge in [0.1, 0.15) is 5.75 Å². The molecule has 7 heteroatoms. The van der Waals surface area contributed by atoms with Gasteiger partial charge in [-0.25, -0.2) is 0 Å². The molecule has 0 amide bonds. The monoisotopic (exact) mass is 272 g/mol. The molecule has 2 rings (SSSR count). The fourth-order valence-corrected chi connectivity index (χ4v) is 1.90. The molecule has 102 valence electrons. The lowest BCUT2D eigenvalue weighted by molar-refractivity contribution is -0.383. The van der Waals surface area contributed by atoms with Gasteiger partial charge >= 0.3 is 0 Å². The highest BCUT2D eigenvalue weighted by Gasteiger charge is 2.14. The highest BCUT2D eigenvalue weighted by molar-refractivity contribution is 5.95. The first-order chi connectivity index (χ1) is 9.74. The molecular formula is C13H12N4O3. The summed E-state index contributed by atoms with van der Waals surface area (Å²) in [7, 11) is 0. The molecule has 2 aromatic rings. The minimum atomic E-state index is -0.409. The van der Waals surface area contributed by atoms with Crippen molar-refractivity contribution in [1.29, 1.82) is 0 Å². The Balaban J connectivity index is 2.24. The number of rotatable bonds is 6. The average Bonchev–Trinajstić information content (AvgIpc) is 2.46. The van der Waals surface area contributed by atoms with Gasteiger partial charge in [0.05, 0.1) is 16.9 Å². The third-order valence-corrected chi connectivity index (χ3v) is 2.78. The number of nitro benzene ring substituents is 1. The van der Waals surface area contributed by atoms with Crippen LogP contribution in [0, 0.1) is 10.1 Å². The van der Waals surface area contributed by atoms with Crippen LogP contribution in [0.25, 0.3) is 21.2 Å². The number of hydrogen-bond acceptors (Lipinski definition) is 4. The molecule has 0 radical (unpaired) electrons. The van der Waals surface area contributed by atoms with Crippen LogP contribution in [0.1, 0.15) is 6.42 Å².